The third-order valence-corrected chi connectivity index (χ3v) is 5.16. The summed E-state index contributed by atoms with van der Waals surface area (Å²) in [5.41, 5.74) is 7.34. The van der Waals surface area contributed by atoms with Gasteiger partial charge < -0.3 is 5.32 Å². The molecule has 1 aromatic rings. The first-order valence-electron chi connectivity index (χ1n) is 9.42. The Morgan fingerprint density at radius 2 is 2.12 bits per heavy atom. The molecular formula is C19H29FN4O. The van der Waals surface area contributed by atoms with Gasteiger partial charge in [0.1, 0.15) is 11.9 Å². The van der Waals surface area contributed by atoms with Gasteiger partial charge in [-0.2, -0.15) is 0 Å². The molecule has 25 heavy (non-hydrogen) atoms. The van der Waals surface area contributed by atoms with Crippen molar-refractivity contribution >= 4 is 5.91 Å². The van der Waals surface area contributed by atoms with Crippen LogP contribution in [-0.4, -0.2) is 42.0 Å². The van der Waals surface area contributed by atoms with Crippen LogP contribution in [0.5, 0.6) is 0 Å². The fourth-order valence-electron chi connectivity index (χ4n) is 3.76. The van der Waals surface area contributed by atoms with Crippen molar-refractivity contribution in [3.8, 4) is 0 Å². The Kier molecular flexibility index (Phi) is 6.39. The van der Waals surface area contributed by atoms with Crippen LogP contribution in [0.15, 0.2) is 24.3 Å². The first kappa shape index (κ1) is 18.3. The number of piperidine rings is 1. The van der Waals surface area contributed by atoms with Crippen LogP contribution in [0, 0.1) is 5.82 Å². The van der Waals surface area contributed by atoms with Gasteiger partial charge in [0, 0.05) is 31.7 Å². The molecule has 0 aromatic heterocycles. The average Bonchev–Trinajstić information content (AvgIpc) is 3.06. The molecule has 6 heteroatoms. The minimum atomic E-state index is -0.182. The number of rotatable bonds is 6. The summed E-state index contributed by atoms with van der Waals surface area (Å²) in [5.74, 6) is -0.0756. The van der Waals surface area contributed by atoms with Crippen LogP contribution in [0.2, 0.25) is 0 Å². The molecular weight excluding hydrogens is 319 g/mol. The van der Waals surface area contributed by atoms with Gasteiger partial charge in [0.15, 0.2) is 0 Å². The molecule has 1 aromatic carbocycles. The van der Waals surface area contributed by atoms with E-state index in [9.17, 15) is 9.18 Å². The van der Waals surface area contributed by atoms with Gasteiger partial charge >= 0.3 is 0 Å². The van der Waals surface area contributed by atoms with E-state index in [0.717, 1.165) is 57.3 Å². The predicted octanol–water partition coefficient (Wildman–Crippen LogP) is 1.94. The van der Waals surface area contributed by atoms with Gasteiger partial charge in [0.25, 0.3) is 0 Å². The number of nitrogens with zero attached hydrogens (tertiary/aromatic N) is 1. The molecule has 2 aliphatic heterocycles. The molecule has 2 aliphatic rings. The monoisotopic (exact) mass is 348 g/mol. The van der Waals surface area contributed by atoms with Crippen molar-refractivity contribution in [2.75, 3.05) is 13.1 Å². The van der Waals surface area contributed by atoms with E-state index in [1.54, 1.807) is 12.1 Å². The molecule has 0 saturated carbocycles. The van der Waals surface area contributed by atoms with Crippen molar-refractivity contribution in [3.63, 3.8) is 0 Å². The first-order chi connectivity index (χ1) is 12.1. The molecule has 1 amide bonds. The number of hydrogen-bond acceptors (Lipinski definition) is 4. The molecule has 2 atom stereocenters. The topological polar surface area (TPSA) is 56.4 Å². The number of nitrogens with one attached hydrogen (secondary N) is 3. The maximum absolute atomic E-state index is 13.3. The number of benzene rings is 1. The second-order valence-electron chi connectivity index (χ2n) is 7.25. The number of carbonyl (C=O) groups excluding carboxylic acids is 1. The highest BCUT2D eigenvalue weighted by Crippen LogP contribution is 2.16. The van der Waals surface area contributed by atoms with Gasteiger partial charge in [-0.05, 0) is 43.4 Å². The fourth-order valence-corrected chi connectivity index (χ4v) is 3.76. The smallest absolute Gasteiger partial charge is 0.238 e. The summed E-state index contributed by atoms with van der Waals surface area (Å²) in [7, 11) is 0. The Bertz CT molecular complexity index is 574. The van der Waals surface area contributed by atoms with Crippen molar-refractivity contribution < 1.29 is 9.18 Å². The highest BCUT2D eigenvalue weighted by Gasteiger charge is 2.30. The second-order valence-corrected chi connectivity index (χ2v) is 7.25. The van der Waals surface area contributed by atoms with Crippen molar-refractivity contribution in [1.82, 2.24) is 21.1 Å². The predicted molar refractivity (Wildman–Crippen MR) is 96.2 cm³/mol. The zero-order valence-electron chi connectivity index (χ0n) is 14.9. The van der Waals surface area contributed by atoms with Crippen LogP contribution in [0.3, 0.4) is 0 Å². The van der Waals surface area contributed by atoms with E-state index >= 15 is 0 Å². The number of amides is 1. The van der Waals surface area contributed by atoms with Crippen LogP contribution >= 0.6 is 0 Å². The molecule has 2 heterocycles. The third-order valence-electron chi connectivity index (χ3n) is 5.16. The molecule has 2 saturated heterocycles. The maximum atomic E-state index is 13.3. The molecule has 2 fully saturated rings. The summed E-state index contributed by atoms with van der Waals surface area (Å²) >= 11 is 0. The minimum absolute atomic E-state index is 0.106. The van der Waals surface area contributed by atoms with Crippen LogP contribution in [0.25, 0.3) is 0 Å². The average molecular weight is 348 g/mol. The van der Waals surface area contributed by atoms with Crippen molar-refractivity contribution in [2.24, 2.45) is 0 Å². The van der Waals surface area contributed by atoms with Gasteiger partial charge in [-0.3, -0.25) is 15.1 Å². The molecule has 0 bridgehead atoms. The molecule has 0 radical (unpaired) electrons. The molecule has 3 rings (SSSR count). The Hall–Kier alpha value is -1.50. The van der Waals surface area contributed by atoms with Crippen LogP contribution < -0.4 is 16.2 Å². The summed E-state index contributed by atoms with van der Waals surface area (Å²) < 4.78 is 13.3. The molecule has 0 aliphatic carbocycles. The van der Waals surface area contributed by atoms with Crippen LogP contribution in [0.1, 0.15) is 44.6 Å². The Balaban J connectivity index is 1.40. The lowest BCUT2D eigenvalue weighted by Crippen LogP contribution is -2.50. The SMILES string of the molecule is CCCC1CC(C(=O)NC2CCN(Cc3cccc(F)c3)CC2)NN1. The highest BCUT2D eigenvalue weighted by molar-refractivity contribution is 5.82. The number of likely N-dealkylation sites (tertiary alicyclic amines) is 1. The van der Waals surface area contributed by atoms with Gasteiger partial charge in [0.2, 0.25) is 5.91 Å². The van der Waals surface area contributed by atoms with Crippen molar-refractivity contribution in [3.05, 3.63) is 35.6 Å². The zero-order chi connectivity index (χ0) is 17.6. The standard InChI is InChI=1S/C19H29FN4O/c1-2-4-17-12-18(23-22-17)19(25)21-16-7-9-24(10-8-16)13-14-5-3-6-15(20)11-14/h3,5-6,11,16-18,22-23H,2,4,7-10,12-13H2,1H3,(H,21,25). The maximum Gasteiger partial charge on any atom is 0.238 e. The van der Waals surface area contributed by atoms with Gasteiger partial charge in [-0.25, -0.2) is 9.82 Å². The van der Waals surface area contributed by atoms with Gasteiger partial charge in [-0.15, -0.1) is 0 Å². The van der Waals surface area contributed by atoms with Crippen LogP contribution in [0.4, 0.5) is 4.39 Å². The van der Waals surface area contributed by atoms with Gasteiger partial charge in [0.05, 0.1) is 0 Å². The quantitative estimate of drug-likeness (QED) is 0.735. The summed E-state index contributed by atoms with van der Waals surface area (Å²) in [6.07, 6.45) is 4.96. The minimum Gasteiger partial charge on any atom is -0.352 e. The van der Waals surface area contributed by atoms with E-state index in [0.29, 0.717) is 6.04 Å². The Labute approximate surface area is 149 Å². The van der Waals surface area contributed by atoms with E-state index in [1.165, 1.54) is 6.07 Å². The van der Waals surface area contributed by atoms with Crippen LogP contribution in [-0.2, 0) is 11.3 Å². The summed E-state index contributed by atoms with van der Waals surface area (Å²) in [6, 6.07) is 7.30. The molecule has 5 nitrogen and oxygen atoms in total. The summed E-state index contributed by atoms with van der Waals surface area (Å²) in [6.45, 7) is 4.78. The zero-order valence-corrected chi connectivity index (χ0v) is 14.9. The lowest BCUT2D eigenvalue weighted by molar-refractivity contribution is -0.123. The summed E-state index contributed by atoms with van der Waals surface area (Å²) in [4.78, 5) is 14.7. The second kappa shape index (κ2) is 8.74. The van der Waals surface area contributed by atoms with Crippen molar-refractivity contribution in [2.45, 2.75) is 63.7 Å². The van der Waals surface area contributed by atoms with E-state index in [-0.39, 0.29) is 23.8 Å². The fraction of sp³-hybridized carbons (Fsp3) is 0.632. The summed E-state index contributed by atoms with van der Waals surface area (Å²) in [5, 5.41) is 3.19. The van der Waals surface area contributed by atoms with Gasteiger partial charge in [-0.1, -0.05) is 25.5 Å². The molecule has 138 valence electrons. The molecule has 2 unspecified atom stereocenters. The highest BCUT2D eigenvalue weighted by atomic mass is 19.1. The number of halogens is 1. The number of carbonyl (C=O) groups is 1. The lowest BCUT2D eigenvalue weighted by Gasteiger charge is -2.32. The van der Waals surface area contributed by atoms with E-state index in [4.69, 9.17) is 0 Å². The first-order valence-corrected chi connectivity index (χ1v) is 9.42. The number of hydrazine groups is 1. The van der Waals surface area contributed by atoms with E-state index < -0.39 is 0 Å². The van der Waals surface area contributed by atoms with E-state index in [1.807, 2.05) is 6.07 Å². The Morgan fingerprint density at radius 1 is 1.32 bits per heavy atom. The van der Waals surface area contributed by atoms with Crippen molar-refractivity contribution in [1.29, 1.82) is 0 Å². The Morgan fingerprint density at radius 3 is 2.84 bits per heavy atom. The largest absolute Gasteiger partial charge is 0.352 e. The molecule has 3 N–H and O–H groups in total. The normalized spacial score (nSPS) is 25.2. The third kappa shape index (κ3) is 5.23. The lowest BCUT2D eigenvalue weighted by atomic mass is 10.0. The van der Waals surface area contributed by atoms with E-state index in [2.05, 4.69) is 28.0 Å². The molecule has 0 spiro atoms. The number of hydrogen-bond donors (Lipinski definition) is 3.